The molecule has 7 nitrogen and oxygen atoms in total. The molecule has 0 aliphatic carbocycles. The number of carbonyl (C=O) groups is 1. The van der Waals surface area contributed by atoms with Crippen LogP contribution in [-0.4, -0.2) is 48.6 Å². The minimum atomic E-state index is -4.81. The molecule has 0 saturated carbocycles. The molecule has 1 aliphatic heterocycles. The van der Waals surface area contributed by atoms with Crippen molar-refractivity contribution in [1.29, 1.82) is 0 Å². The Morgan fingerprint density at radius 1 is 1.35 bits per heavy atom. The van der Waals surface area contributed by atoms with E-state index in [9.17, 15) is 26.7 Å². The van der Waals surface area contributed by atoms with Crippen LogP contribution in [0.25, 0.3) is 4.96 Å². The maximum absolute atomic E-state index is 13.4. The topological polar surface area (TPSA) is 82.8 Å². The number of aromatic nitrogens is 3. The number of alkyl halides is 6. The quantitative estimate of drug-likeness (QED) is 0.576. The second-order valence-corrected chi connectivity index (χ2v) is 7.19. The van der Waals surface area contributed by atoms with Gasteiger partial charge in [0, 0.05) is 13.0 Å². The standard InChI is InChI=1S/C12H11ClF5N5O2S/c13-11(14,15)1-5-2-22(9(25)19-5)3-6-8(12(16,17)18)23-10(20-6)26-7(4-24)21-23/h5,24H,1-4H2,(H,19,25). The van der Waals surface area contributed by atoms with E-state index in [0.717, 1.165) is 16.2 Å². The SMILES string of the molecule is O=C1NC(CC(F)(F)Cl)CN1Cc1nc2sc(CO)nn2c1C(F)(F)F. The zero-order valence-corrected chi connectivity index (χ0v) is 14.3. The Labute approximate surface area is 151 Å². The lowest BCUT2D eigenvalue weighted by molar-refractivity contribution is -0.143. The van der Waals surface area contributed by atoms with Crippen molar-refractivity contribution in [3.63, 3.8) is 0 Å². The average Bonchev–Trinajstić information content (AvgIpc) is 3.08. The van der Waals surface area contributed by atoms with Crippen LogP contribution in [0.3, 0.4) is 0 Å². The lowest BCUT2D eigenvalue weighted by Gasteiger charge is -2.16. The molecule has 2 aromatic heterocycles. The fourth-order valence-electron chi connectivity index (χ4n) is 2.66. The number of aliphatic hydroxyl groups is 1. The van der Waals surface area contributed by atoms with Gasteiger partial charge in [-0.15, -0.1) is 0 Å². The molecule has 0 spiro atoms. The van der Waals surface area contributed by atoms with Crippen LogP contribution in [0.5, 0.6) is 0 Å². The Morgan fingerprint density at radius 2 is 2.04 bits per heavy atom. The molecule has 2 amide bonds. The second kappa shape index (κ2) is 6.46. The summed E-state index contributed by atoms with van der Waals surface area (Å²) in [6.45, 7) is -1.31. The maximum Gasteiger partial charge on any atom is 0.435 e. The largest absolute Gasteiger partial charge is 0.435 e. The van der Waals surface area contributed by atoms with Crippen molar-refractivity contribution < 1.29 is 31.9 Å². The van der Waals surface area contributed by atoms with E-state index < -0.39 is 54.6 Å². The summed E-state index contributed by atoms with van der Waals surface area (Å²) < 4.78 is 66.5. The fraction of sp³-hybridized carbons (Fsp3) is 0.583. The number of imidazole rings is 1. The molecular weight excluding hydrogens is 409 g/mol. The zero-order valence-electron chi connectivity index (χ0n) is 12.7. The monoisotopic (exact) mass is 419 g/mol. The first-order chi connectivity index (χ1) is 12.0. The van der Waals surface area contributed by atoms with Gasteiger partial charge in [0.05, 0.1) is 24.9 Å². The van der Waals surface area contributed by atoms with Gasteiger partial charge in [-0.1, -0.05) is 11.3 Å². The van der Waals surface area contributed by atoms with Crippen molar-refractivity contribution >= 4 is 33.9 Å². The Hall–Kier alpha value is -1.73. The molecule has 26 heavy (non-hydrogen) atoms. The van der Waals surface area contributed by atoms with Crippen LogP contribution in [-0.2, 0) is 19.3 Å². The first-order valence-corrected chi connectivity index (χ1v) is 8.35. The Morgan fingerprint density at radius 3 is 2.62 bits per heavy atom. The van der Waals surface area contributed by atoms with Gasteiger partial charge >= 0.3 is 17.6 Å². The third kappa shape index (κ3) is 3.83. The number of amides is 2. The number of nitrogens with one attached hydrogen (secondary N) is 1. The van der Waals surface area contributed by atoms with Gasteiger partial charge in [-0.05, 0) is 11.6 Å². The average molecular weight is 420 g/mol. The van der Waals surface area contributed by atoms with Crippen LogP contribution in [0.2, 0.25) is 0 Å². The number of halogens is 6. The predicted molar refractivity (Wildman–Crippen MR) is 79.9 cm³/mol. The Kier molecular flexibility index (Phi) is 4.73. The van der Waals surface area contributed by atoms with Crippen LogP contribution < -0.4 is 5.32 Å². The first kappa shape index (κ1) is 19.0. The van der Waals surface area contributed by atoms with E-state index in [4.69, 9.17) is 16.7 Å². The normalized spacial score (nSPS) is 18.8. The van der Waals surface area contributed by atoms with E-state index in [0.29, 0.717) is 4.52 Å². The van der Waals surface area contributed by atoms with E-state index in [-0.39, 0.29) is 16.5 Å². The van der Waals surface area contributed by atoms with Crippen molar-refractivity contribution in [1.82, 2.24) is 24.8 Å². The van der Waals surface area contributed by atoms with E-state index in [1.54, 1.807) is 0 Å². The molecule has 1 aliphatic rings. The Balaban J connectivity index is 1.87. The second-order valence-electron chi connectivity index (χ2n) is 5.60. The Bertz CT molecular complexity index is 832. The molecule has 0 bridgehead atoms. The molecule has 144 valence electrons. The number of aliphatic hydroxyl groups excluding tert-OH is 1. The van der Waals surface area contributed by atoms with Crippen LogP contribution >= 0.6 is 22.9 Å². The van der Waals surface area contributed by atoms with E-state index in [1.807, 2.05) is 0 Å². The number of hydrogen-bond donors (Lipinski definition) is 2. The smallest absolute Gasteiger partial charge is 0.389 e. The summed E-state index contributed by atoms with van der Waals surface area (Å²) in [6, 6.07) is -1.78. The highest BCUT2D eigenvalue weighted by Gasteiger charge is 2.42. The minimum absolute atomic E-state index is 0.0490. The third-order valence-electron chi connectivity index (χ3n) is 3.60. The van der Waals surface area contributed by atoms with E-state index in [1.165, 1.54) is 0 Å². The summed E-state index contributed by atoms with van der Waals surface area (Å²) in [6.07, 6.45) is -5.66. The van der Waals surface area contributed by atoms with Crippen molar-refractivity contribution in [2.75, 3.05) is 6.54 Å². The van der Waals surface area contributed by atoms with E-state index >= 15 is 0 Å². The van der Waals surface area contributed by atoms with Crippen LogP contribution in [0.4, 0.5) is 26.7 Å². The highest BCUT2D eigenvalue weighted by molar-refractivity contribution is 7.16. The maximum atomic E-state index is 13.4. The summed E-state index contributed by atoms with van der Waals surface area (Å²) in [5.74, 6) is 0. The molecule has 0 aromatic carbocycles. The molecular formula is C12H11ClF5N5O2S. The molecule has 1 atom stereocenters. The molecule has 0 radical (unpaired) electrons. The summed E-state index contributed by atoms with van der Waals surface area (Å²) in [7, 11) is 0. The summed E-state index contributed by atoms with van der Waals surface area (Å²) in [5, 5.41) is 11.4. The molecule has 3 rings (SSSR count). The van der Waals surface area contributed by atoms with Crippen molar-refractivity contribution in [2.24, 2.45) is 0 Å². The van der Waals surface area contributed by atoms with Gasteiger partial charge in [0.1, 0.15) is 5.01 Å². The molecule has 1 saturated heterocycles. The number of urea groups is 1. The molecule has 2 N–H and O–H groups in total. The molecule has 14 heteroatoms. The minimum Gasteiger partial charge on any atom is -0.389 e. The molecule has 3 heterocycles. The fourth-order valence-corrected chi connectivity index (χ4v) is 3.62. The molecule has 2 aromatic rings. The highest BCUT2D eigenvalue weighted by Crippen LogP contribution is 2.35. The van der Waals surface area contributed by atoms with Gasteiger partial charge in [-0.2, -0.15) is 31.6 Å². The van der Waals surface area contributed by atoms with Gasteiger partial charge in [0.15, 0.2) is 5.69 Å². The van der Waals surface area contributed by atoms with Crippen molar-refractivity contribution in [2.45, 2.75) is 37.2 Å². The molecule has 1 fully saturated rings. The lowest BCUT2D eigenvalue weighted by atomic mass is 10.2. The molecule has 1 unspecified atom stereocenters. The number of nitrogens with zero attached hydrogens (tertiary/aromatic N) is 4. The highest BCUT2D eigenvalue weighted by atomic mass is 35.5. The lowest BCUT2D eigenvalue weighted by Crippen LogP contribution is -2.31. The van der Waals surface area contributed by atoms with Gasteiger partial charge in [-0.25, -0.2) is 9.78 Å². The van der Waals surface area contributed by atoms with Gasteiger partial charge < -0.3 is 15.3 Å². The number of rotatable bonds is 5. The third-order valence-corrected chi connectivity index (χ3v) is 4.64. The van der Waals surface area contributed by atoms with Crippen molar-refractivity contribution in [3.8, 4) is 0 Å². The number of fused-ring (bicyclic) bond motifs is 1. The summed E-state index contributed by atoms with van der Waals surface area (Å²) >= 11 is 5.60. The van der Waals surface area contributed by atoms with Gasteiger partial charge in [-0.3, -0.25) is 0 Å². The van der Waals surface area contributed by atoms with E-state index in [2.05, 4.69) is 15.4 Å². The van der Waals surface area contributed by atoms with Gasteiger partial charge in [0.2, 0.25) is 4.96 Å². The van der Waals surface area contributed by atoms with Crippen LogP contribution in [0.1, 0.15) is 22.8 Å². The number of hydrogen-bond acceptors (Lipinski definition) is 5. The van der Waals surface area contributed by atoms with Crippen LogP contribution in [0, 0.1) is 0 Å². The number of carbonyl (C=O) groups excluding carboxylic acids is 1. The van der Waals surface area contributed by atoms with Gasteiger partial charge in [0.25, 0.3) is 0 Å². The first-order valence-electron chi connectivity index (χ1n) is 7.15. The zero-order chi connectivity index (χ0) is 19.3. The summed E-state index contributed by atoms with van der Waals surface area (Å²) in [5.41, 5.74) is -1.64. The predicted octanol–water partition coefficient (Wildman–Crippen LogP) is 2.42. The summed E-state index contributed by atoms with van der Waals surface area (Å²) in [4.78, 5) is 16.5. The van der Waals surface area contributed by atoms with Crippen LogP contribution in [0.15, 0.2) is 0 Å². The van der Waals surface area contributed by atoms with Crippen molar-refractivity contribution in [3.05, 3.63) is 16.4 Å².